The number of hydrogen-bond donors (Lipinski definition) is 2. The van der Waals surface area contributed by atoms with E-state index < -0.39 is 17.5 Å². The molecule has 2 N–H and O–H groups in total. The van der Waals surface area contributed by atoms with Crippen LogP contribution in [0.2, 0.25) is 0 Å². The lowest BCUT2D eigenvalue weighted by atomic mass is 9.69. The van der Waals surface area contributed by atoms with Crippen LogP contribution in [0, 0.1) is 6.92 Å². The van der Waals surface area contributed by atoms with Crippen LogP contribution in [0.4, 0.5) is 4.79 Å². The van der Waals surface area contributed by atoms with E-state index in [0.717, 1.165) is 5.56 Å². The van der Waals surface area contributed by atoms with Gasteiger partial charge in [0.25, 0.3) is 0 Å². The van der Waals surface area contributed by atoms with E-state index in [2.05, 4.69) is 0 Å². The predicted molar refractivity (Wildman–Crippen MR) is 115 cm³/mol. The molecule has 0 spiro atoms. The number of ether oxygens (including phenoxy) is 1. The molecule has 0 saturated carbocycles. The van der Waals surface area contributed by atoms with Crippen LogP contribution in [-0.4, -0.2) is 46.0 Å². The summed E-state index contributed by atoms with van der Waals surface area (Å²) in [6.45, 7) is 4.01. The summed E-state index contributed by atoms with van der Waals surface area (Å²) in [7, 11) is 0. The largest absolute Gasteiger partial charge is 0.489 e. The summed E-state index contributed by atoms with van der Waals surface area (Å²) in [4.78, 5) is 37.8. The van der Waals surface area contributed by atoms with E-state index in [1.807, 2.05) is 30.3 Å². The van der Waals surface area contributed by atoms with Crippen LogP contribution < -0.4 is 4.74 Å². The summed E-state index contributed by atoms with van der Waals surface area (Å²) >= 11 is 0. The SMILES string of the molecule is CCC(=O)c1ccc(OCc2ccccc2)c(C)c1C1(C(=O)O)CCN(C(=O)O)CC1. The highest BCUT2D eigenvalue weighted by molar-refractivity contribution is 6.00. The normalized spacial score (nSPS) is 15.4. The van der Waals surface area contributed by atoms with Crippen LogP contribution in [0.15, 0.2) is 42.5 Å². The predicted octanol–water partition coefficient (Wildman–Crippen LogP) is 4.26. The molecule has 2 aromatic rings. The first kappa shape index (κ1) is 22.3. The summed E-state index contributed by atoms with van der Waals surface area (Å²) in [5, 5.41) is 19.5. The van der Waals surface area contributed by atoms with Gasteiger partial charge in [-0.15, -0.1) is 0 Å². The minimum atomic E-state index is -1.34. The van der Waals surface area contributed by atoms with Gasteiger partial charge in [-0.3, -0.25) is 9.59 Å². The molecule has 0 unspecified atom stereocenters. The number of carboxylic acid groups (broad SMARTS) is 2. The standard InChI is InChI=1S/C24H27NO6/c1-3-19(26)18-9-10-20(31-15-17-7-5-4-6-8-17)16(2)21(18)24(22(27)28)11-13-25(14-12-24)23(29)30/h4-10H,3,11-15H2,1-2H3,(H,27,28)(H,29,30). The van der Waals surface area contributed by atoms with E-state index >= 15 is 0 Å². The average Bonchev–Trinajstić information content (AvgIpc) is 2.78. The first-order valence-corrected chi connectivity index (χ1v) is 10.4. The minimum absolute atomic E-state index is 0.0932. The Bertz CT molecular complexity index is 977. The number of carbonyl (C=O) groups is 3. The third-order valence-electron chi connectivity index (χ3n) is 6.05. The van der Waals surface area contributed by atoms with Crippen LogP contribution in [0.3, 0.4) is 0 Å². The lowest BCUT2D eigenvalue weighted by Crippen LogP contribution is -2.49. The van der Waals surface area contributed by atoms with Gasteiger partial charge in [-0.05, 0) is 48.6 Å². The molecule has 1 fully saturated rings. The number of hydrogen-bond acceptors (Lipinski definition) is 4. The van der Waals surface area contributed by atoms with Gasteiger partial charge in [-0.2, -0.15) is 0 Å². The van der Waals surface area contributed by atoms with E-state index in [9.17, 15) is 24.6 Å². The molecule has 0 bridgehead atoms. The van der Waals surface area contributed by atoms with Gasteiger partial charge in [-0.25, -0.2) is 4.79 Å². The third kappa shape index (κ3) is 4.40. The van der Waals surface area contributed by atoms with Gasteiger partial charge in [0, 0.05) is 25.1 Å². The van der Waals surface area contributed by atoms with Crippen LogP contribution in [0.5, 0.6) is 5.75 Å². The average molecular weight is 425 g/mol. The lowest BCUT2D eigenvalue weighted by Gasteiger charge is -2.40. The molecular weight excluding hydrogens is 398 g/mol. The molecule has 0 aromatic heterocycles. The Hall–Kier alpha value is -3.35. The maximum absolute atomic E-state index is 12.7. The number of piperidine rings is 1. The zero-order valence-corrected chi connectivity index (χ0v) is 17.8. The number of amides is 1. The number of ketones is 1. The van der Waals surface area contributed by atoms with Crippen LogP contribution >= 0.6 is 0 Å². The van der Waals surface area contributed by atoms with Crippen LogP contribution in [-0.2, 0) is 16.8 Å². The van der Waals surface area contributed by atoms with Gasteiger partial charge < -0.3 is 19.8 Å². The summed E-state index contributed by atoms with van der Waals surface area (Å²) in [5.74, 6) is -0.673. The summed E-state index contributed by atoms with van der Waals surface area (Å²) in [6.07, 6.45) is -0.628. The molecule has 1 aliphatic rings. The Labute approximate surface area is 181 Å². The molecule has 164 valence electrons. The van der Waals surface area contributed by atoms with E-state index in [1.54, 1.807) is 26.0 Å². The van der Waals surface area contributed by atoms with Crippen molar-refractivity contribution in [3.05, 3.63) is 64.7 Å². The van der Waals surface area contributed by atoms with Gasteiger partial charge in [0.15, 0.2) is 5.78 Å². The van der Waals surface area contributed by atoms with Gasteiger partial charge in [0.1, 0.15) is 12.4 Å². The number of nitrogens with zero attached hydrogens (tertiary/aromatic N) is 1. The minimum Gasteiger partial charge on any atom is -0.489 e. The second-order valence-electron chi connectivity index (χ2n) is 7.82. The van der Waals surface area contributed by atoms with Crippen molar-refractivity contribution in [3.63, 3.8) is 0 Å². The van der Waals surface area contributed by atoms with Crippen molar-refractivity contribution in [2.24, 2.45) is 0 Å². The molecule has 31 heavy (non-hydrogen) atoms. The Morgan fingerprint density at radius 2 is 1.68 bits per heavy atom. The fourth-order valence-electron chi connectivity index (χ4n) is 4.27. The van der Waals surface area contributed by atoms with E-state index in [1.165, 1.54) is 4.90 Å². The maximum atomic E-state index is 12.7. The second-order valence-corrected chi connectivity index (χ2v) is 7.82. The van der Waals surface area contributed by atoms with Crippen LogP contribution in [0.1, 0.15) is 53.2 Å². The Morgan fingerprint density at radius 1 is 1.03 bits per heavy atom. The van der Waals surface area contributed by atoms with Gasteiger partial charge >= 0.3 is 12.1 Å². The number of aliphatic carboxylic acids is 1. The number of likely N-dealkylation sites (tertiary alicyclic amines) is 1. The molecular formula is C24H27NO6. The van der Waals surface area contributed by atoms with Gasteiger partial charge in [0.2, 0.25) is 0 Å². The second kappa shape index (κ2) is 9.20. The number of Topliss-reactive ketones (excluding diaryl/α,β-unsaturated/α-hetero) is 1. The number of rotatable bonds is 7. The van der Waals surface area contributed by atoms with Crippen molar-refractivity contribution in [1.82, 2.24) is 4.90 Å². The lowest BCUT2D eigenvalue weighted by molar-refractivity contribution is -0.145. The third-order valence-corrected chi connectivity index (χ3v) is 6.05. The fraction of sp³-hybridized carbons (Fsp3) is 0.375. The monoisotopic (exact) mass is 425 g/mol. The Balaban J connectivity index is 2.05. The number of benzene rings is 2. The topological polar surface area (TPSA) is 104 Å². The first-order chi connectivity index (χ1) is 14.8. The molecule has 7 heteroatoms. The molecule has 0 radical (unpaired) electrons. The smallest absolute Gasteiger partial charge is 0.407 e. The van der Waals surface area contributed by atoms with Crippen LogP contribution in [0.25, 0.3) is 0 Å². The molecule has 2 aromatic carbocycles. The zero-order chi connectivity index (χ0) is 22.6. The van der Waals surface area contributed by atoms with Crippen molar-refractivity contribution in [3.8, 4) is 5.75 Å². The summed E-state index contributed by atoms with van der Waals surface area (Å²) in [6, 6.07) is 13.0. The molecule has 1 saturated heterocycles. The quantitative estimate of drug-likeness (QED) is 0.642. The van der Waals surface area contributed by atoms with E-state index in [0.29, 0.717) is 29.0 Å². The summed E-state index contributed by atoms with van der Waals surface area (Å²) in [5.41, 5.74) is 1.06. The van der Waals surface area contributed by atoms with E-state index in [-0.39, 0.29) is 38.1 Å². The number of carbonyl (C=O) groups excluding carboxylic acids is 1. The molecule has 1 aliphatic heterocycles. The summed E-state index contributed by atoms with van der Waals surface area (Å²) < 4.78 is 6.00. The zero-order valence-electron chi connectivity index (χ0n) is 17.8. The molecule has 1 heterocycles. The van der Waals surface area contributed by atoms with Crippen molar-refractivity contribution in [2.75, 3.05) is 13.1 Å². The number of carboxylic acids is 1. The van der Waals surface area contributed by atoms with Crippen molar-refractivity contribution >= 4 is 17.8 Å². The molecule has 0 aliphatic carbocycles. The van der Waals surface area contributed by atoms with E-state index in [4.69, 9.17) is 4.74 Å². The Morgan fingerprint density at radius 3 is 2.23 bits per heavy atom. The molecule has 3 rings (SSSR count). The highest BCUT2D eigenvalue weighted by Crippen LogP contribution is 2.42. The molecule has 1 amide bonds. The first-order valence-electron chi connectivity index (χ1n) is 10.4. The Kier molecular flexibility index (Phi) is 6.63. The highest BCUT2D eigenvalue weighted by Gasteiger charge is 2.47. The maximum Gasteiger partial charge on any atom is 0.407 e. The highest BCUT2D eigenvalue weighted by atomic mass is 16.5. The molecule has 0 atom stereocenters. The van der Waals surface area contributed by atoms with Gasteiger partial charge in [-0.1, -0.05) is 37.3 Å². The van der Waals surface area contributed by atoms with Gasteiger partial charge in [0.05, 0.1) is 5.41 Å². The van der Waals surface area contributed by atoms with Crippen molar-refractivity contribution in [2.45, 2.75) is 45.1 Å². The fourth-order valence-corrected chi connectivity index (χ4v) is 4.27. The van der Waals surface area contributed by atoms with Crippen molar-refractivity contribution in [1.29, 1.82) is 0 Å². The molecule has 7 nitrogen and oxygen atoms in total. The van der Waals surface area contributed by atoms with Crippen molar-refractivity contribution < 1.29 is 29.3 Å².